The fourth-order valence-corrected chi connectivity index (χ4v) is 2.95. The number of aryl methyl sites for hydroxylation is 1. The van der Waals surface area contributed by atoms with Crippen molar-refractivity contribution in [2.75, 3.05) is 6.54 Å². The van der Waals surface area contributed by atoms with Gasteiger partial charge in [-0.15, -0.1) is 0 Å². The molecule has 0 saturated carbocycles. The maximum absolute atomic E-state index is 4.74. The molecule has 0 aromatic carbocycles. The van der Waals surface area contributed by atoms with Crippen molar-refractivity contribution in [2.45, 2.75) is 45.7 Å². The molecule has 3 heterocycles. The lowest BCUT2D eigenvalue weighted by Crippen LogP contribution is -2.31. The van der Waals surface area contributed by atoms with Gasteiger partial charge in [-0.25, -0.2) is 15.0 Å². The molecule has 0 radical (unpaired) electrons. The molecule has 1 aliphatic rings. The molecule has 20 heavy (non-hydrogen) atoms. The zero-order valence-corrected chi connectivity index (χ0v) is 12.3. The summed E-state index contributed by atoms with van der Waals surface area (Å²) in [6.07, 6.45) is 5.93. The molecule has 2 aromatic heterocycles. The van der Waals surface area contributed by atoms with E-state index in [0.717, 1.165) is 36.0 Å². The summed E-state index contributed by atoms with van der Waals surface area (Å²) in [6.45, 7) is 7.63. The molecule has 2 aromatic rings. The molecule has 1 atom stereocenters. The van der Waals surface area contributed by atoms with Crippen LogP contribution in [-0.2, 0) is 0 Å². The van der Waals surface area contributed by atoms with Crippen molar-refractivity contribution >= 4 is 0 Å². The lowest BCUT2D eigenvalue weighted by molar-refractivity contribution is 0.198. The van der Waals surface area contributed by atoms with Gasteiger partial charge in [0.15, 0.2) is 5.82 Å². The molecule has 1 aliphatic heterocycles. The van der Waals surface area contributed by atoms with Gasteiger partial charge in [0.1, 0.15) is 11.5 Å². The quantitative estimate of drug-likeness (QED) is 0.932. The van der Waals surface area contributed by atoms with E-state index in [2.05, 4.69) is 33.7 Å². The van der Waals surface area contributed by atoms with E-state index in [0.29, 0.717) is 12.1 Å². The fraction of sp³-hybridized carbons (Fsp3) is 0.533. The van der Waals surface area contributed by atoms with Crippen LogP contribution in [0.5, 0.6) is 0 Å². The minimum atomic E-state index is 0.337. The molecule has 5 nitrogen and oxygen atoms in total. The third kappa shape index (κ3) is 2.45. The van der Waals surface area contributed by atoms with Gasteiger partial charge in [0.2, 0.25) is 0 Å². The summed E-state index contributed by atoms with van der Waals surface area (Å²) in [5, 5.41) is 0. The summed E-state index contributed by atoms with van der Waals surface area (Å²) in [6, 6.07) is 2.85. The van der Waals surface area contributed by atoms with E-state index in [1.54, 1.807) is 6.20 Å². The Morgan fingerprint density at radius 1 is 1.35 bits per heavy atom. The zero-order chi connectivity index (χ0) is 14.1. The topological polar surface area (TPSA) is 57.7 Å². The second-order valence-corrected chi connectivity index (χ2v) is 5.68. The lowest BCUT2D eigenvalue weighted by atomic mass is 10.1. The van der Waals surface area contributed by atoms with Gasteiger partial charge >= 0.3 is 0 Å². The maximum atomic E-state index is 4.74. The van der Waals surface area contributed by atoms with Gasteiger partial charge in [-0.3, -0.25) is 4.90 Å². The highest BCUT2D eigenvalue weighted by molar-refractivity contribution is 5.49. The van der Waals surface area contributed by atoms with Crippen LogP contribution >= 0.6 is 0 Å². The van der Waals surface area contributed by atoms with Crippen molar-refractivity contribution in [3.8, 4) is 11.5 Å². The smallest absolute Gasteiger partial charge is 0.156 e. The molecule has 1 saturated heterocycles. The lowest BCUT2D eigenvalue weighted by Gasteiger charge is -2.27. The first-order valence-electron chi connectivity index (χ1n) is 7.26. The van der Waals surface area contributed by atoms with E-state index in [9.17, 15) is 0 Å². The number of nitrogens with one attached hydrogen (secondary N) is 1. The summed E-state index contributed by atoms with van der Waals surface area (Å²) in [5.74, 6) is 1.74. The first-order chi connectivity index (χ1) is 9.65. The molecule has 0 aliphatic carbocycles. The number of H-pyrrole nitrogens is 1. The Kier molecular flexibility index (Phi) is 3.53. The number of rotatable bonds is 3. The molecule has 3 rings (SSSR count). The first-order valence-corrected chi connectivity index (χ1v) is 7.26. The Balaban J connectivity index is 1.98. The highest BCUT2D eigenvalue weighted by Gasteiger charge is 2.30. The Hall–Kier alpha value is -1.75. The van der Waals surface area contributed by atoms with Crippen LogP contribution in [0.2, 0.25) is 0 Å². The normalized spacial score (nSPS) is 19.9. The second kappa shape index (κ2) is 5.32. The van der Waals surface area contributed by atoms with Gasteiger partial charge in [-0.2, -0.15) is 0 Å². The van der Waals surface area contributed by atoms with Crippen LogP contribution < -0.4 is 0 Å². The van der Waals surface area contributed by atoms with Crippen LogP contribution in [0.15, 0.2) is 18.5 Å². The Morgan fingerprint density at radius 3 is 2.90 bits per heavy atom. The van der Waals surface area contributed by atoms with Gasteiger partial charge < -0.3 is 4.98 Å². The molecule has 5 heteroatoms. The van der Waals surface area contributed by atoms with Gasteiger partial charge in [0, 0.05) is 24.1 Å². The number of likely N-dealkylation sites (tertiary alicyclic amines) is 1. The molecule has 0 unspecified atom stereocenters. The van der Waals surface area contributed by atoms with Crippen molar-refractivity contribution in [1.82, 2.24) is 24.8 Å². The van der Waals surface area contributed by atoms with E-state index in [1.165, 1.54) is 6.42 Å². The average molecular weight is 271 g/mol. The molecule has 0 amide bonds. The van der Waals surface area contributed by atoms with Gasteiger partial charge in [0.05, 0.1) is 6.04 Å². The van der Waals surface area contributed by atoms with Crippen molar-refractivity contribution in [2.24, 2.45) is 0 Å². The summed E-state index contributed by atoms with van der Waals surface area (Å²) in [5.41, 5.74) is 1.88. The maximum Gasteiger partial charge on any atom is 0.156 e. The zero-order valence-electron chi connectivity index (χ0n) is 12.3. The van der Waals surface area contributed by atoms with Crippen LogP contribution in [0, 0.1) is 6.92 Å². The third-order valence-corrected chi connectivity index (χ3v) is 3.87. The van der Waals surface area contributed by atoms with E-state index >= 15 is 0 Å². The van der Waals surface area contributed by atoms with Gasteiger partial charge in [-0.05, 0) is 46.2 Å². The predicted octanol–water partition coefficient (Wildman–Crippen LogP) is 2.72. The second-order valence-electron chi connectivity index (χ2n) is 5.68. The molecule has 1 fully saturated rings. The number of aromatic nitrogens is 4. The summed E-state index contributed by atoms with van der Waals surface area (Å²) < 4.78 is 0. The fourth-order valence-electron chi connectivity index (χ4n) is 2.95. The first kappa shape index (κ1) is 13.2. The van der Waals surface area contributed by atoms with Crippen molar-refractivity contribution < 1.29 is 0 Å². The molecular formula is C15H21N5. The molecule has 1 N–H and O–H groups in total. The minimum absolute atomic E-state index is 0.337. The SMILES string of the molecule is Cc1cc(-c2ncc[nH]2)nc([C@@H]2CCCN2C(C)C)n1. The third-order valence-electron chi connectivity index (χ3n) is 3.87. The standard InChI is InChI=1S/C15H21N5/c1-10(2)20-8-4-5-13(20)15-18-11(3)9-12(19-15)14-16-6-7-17-14/h6-7,9-10,13H,4-5,8H2,1-3H3,(H,16,17)/t13-/m0/s1. The Labute approximate surface area is 119 Å². The minimum Gasteiger partial charge on any atom is -0.343 e. The van der Waals surface area contributed by atoms with E-state index in [4.69, 9.17) is 4.98 Å². The number of hydrogen-bond acceptors (Lipinski definition) is 4. The Morgan fingerprint density at radius 2 is 2.20 bits per heavy atom. The van der Waals surface area contributed by atoms with Crippen LogP contribution in [0.4, 0.5) is 0 Å². The molecule has 106 valence electrons. The van der Waals surface area contributed by atoms with E-state index < -0.39 is 0 Å². The van der Waals surface area contributed by atoms with Crippen LogP contribution in [0.3, 0.4) is 0 Å². The van der Waals surface area contributed by atoms with Crippen LogP contribution in [-0.4, -0.2) is 37.4 Å². The van der Waals surface area contributed by atoms with E-state index in [-0.39, 0.29) is 0 Å². The number of nitrogens with zero attached hydrogens (tertiary/aromatic N) is 4. The van der Waals surface area contributed by atoms with Gasteiger partial charge in [-0.1, -0.05) is 0 Å². The number of imidazole rings is 1. The summed E-state index contributed by atoms with van der Waals surface area (Å²) in [7, 11) is 0. The average Bonchev–Trinajstić information content (AvgIpc) is 3.09. The molecule has 0 bridgehead atoms. The highest BCUT2D eigenvalue weighted by Crippen LogP contribution is 2.32. The van der Waals surface area contributed by atoms with Crippen LogP contribution in [0.1, 0.15) is 44.2 Å². The number of aromatic amines is 1. The van der Waals surface area contributed by atoms with Crippen molar-refractivity contribution in [1.29, 1.82) is 0 Å². The Bertz CT molecular complexity index is 576. The van der Waals surface area contributed by atoms with Crippen molar-refractivity contribution in [3.63, 3.8) is 0 Å². The van der Waals surface area contributed by atoms with Gasteiger partial charge in [0.25, 0.3) is 0 Å². The highest BCUT2D eigenvalue weighted by atomic mass is 15.2. The monoisotopic (exact) mass is 271 g/mol. The predicted molar refractivity (Wildman–Crippen MR) is 78.2 cm³/mol. The van der Waals surface area contributed by atoms with E-state index in [1.807, 2.05) is 19.2 Å². The summed E-state index contributed by atoms with van der Waals surface area (Å²) >= 11 is 0. The van der Waals surface area contributed by atoms with Crippen molar-refractivity contribution in [3.05, 3.63) is 30.0 Å². The molecular weight excluding hydrogens is 250 g/mol. The largest absolute Gasteiger partial charge is 0.343 e. The summed E-state index contributed by atoms with van der Waals surface area (Å²) in [4.78, 5) is 19.3. The van der Waals surface area contributed by atoms with Crippen LogP contribution in [0.25, 0.3) is 11.5 Å². The molecule has 0 spiro atoms. The number of hydrogen-bond donors (Lipinski definition) is 1.